The van der Waals surface area contributed by atoms with Crippen molar-refractivity contribution in [2.75, 3.05) is 0 Å². The number of aryl methyl sites for hydroxylation is 1. The first-order chi connectivity index (χ1) is 10.3. The van der Waals surface area contributed by atoms with Crippen LogP contribution < -0.4 is 0 Å². The summed E-state index contributed by atoms with van der Waals surface area (Å²) in [5.74, 6) is -3.23. The molecule has 0 aliphatic rings. The van der Waals surface area contributed by atoms with Crippen LogP contribution in [-0.4, -0.2) is 0 Å². The second-order valence-electron chi connectivity index (χ2n) is 4.84. The molecule has 0 nitrogen and oxygen atoms in total. The first-order valence-electron chi connectivity index (χ1n) is 6.59. The summed E-state index contributed by atoms with van der Waals surface area (Å²) in [6.07, 6.45) is -1.71. The Bertz CT molecular complexity index is 645. The van der Waals surface area contributed by atoms with Crippen molar-refractivity contribution in [1.82, 2.24) is 0 Å². The number of allylic oxidation sites excluding steroid dienone is 1. The normalized spacial score (nSPS) is 11.5. The van der Waals surface area contributed by atoms with Gasteiger partial charge >= 0.3 is 6.18 Å². The van der Waals surface area contributed by atoms with Gasteiger partial charge in [-0.05, 0) is 41.7 Å². The van der Waals surface area contributed by atoms with Crippen LogP contribution >= 0.6 is 0 Å². The van der Waals surface area contributed by atoms with Crippen LogP contribution in [0.1, 0.15) is 17.5 Å². The Morgan fingerprint density at radius 2 is 1.45 bits per heavy atom. The molecule has 0 unspecified atom stereocenters. The number of hydrogen-bond donors (Lipinski definition) is 0. The maximum atomic E-state index is 13.6. The van der Waals surface area contributed by atoms with E-state index in [1.165, 1.54) is 0 Å². The summed E-state index contributed by atoms with van der Waals surface area (Å²) in [6, 6.07) is 8.19. The summed E-state index contributed by atoms with van der Waals surface area (Å²) in [7, 11) is 0. The summed E-state index contributed by atoms with van der Waals surface area (Å²) in [5, 5.41) is 0. The van der Waals surface area contributed by atoms with Crippen molar-refractivity contribution in [3.8, 4) is 11.1 Å². The van der Waals surface area contributed by atoms with Gasteiger partial charge in [-0.3, -0.25) is 0 Å². The van der Waals surface area contributed by atoms with Crippen LogP contribution in [-0.2, 0) is 12.6 Å². The molecule has 0 fully saturated rings. The van der Waals surface area contributed by atoms with Gasteiger partial charge in [-0.2, -0.15) is 13.2 Å². The Morgan fingerprint density at radius 1 is 0.909 bits per heavy atom. The number of halogens is 5. The van der Waals surface area contributed by atoms with Gasteiger partial charge < -0.3 is 0 Å². The summed E-state index contributed by atoms with van der Waals surface area (Å²) in [5.41, 5.74) is -0.331. The zero-order valence-corrected chi connectivity index (χ0v) is 11.6. The highest BCUT2D eigenvalue weighted by atomic mass is 19.4. The van der Waals surface area contributed by atoms with Gasteiger partial charge in [0.15, 0.2) is 0 Å². The Balaban J connectivity index is 2.36. The van der Waals surface area contributed by atoms with Gasteiger partial charge in [0.05, 0.1) is 0 Å². The zero-order chi connectivity index (χ0) is 16.3. The van der Waals surface area contributed by atoms with Gasteiger partial charge in [0.1, 0.15) is 17.2 Å². The van der Waals surface area contributed by atoms with E-state index in [0.717, 1.165) is 18.4 Å². The lowest BCUT2D eigenvalue weighted by molar-refractivity contribution is -0.142. The molecule has 2 aromatic rings. The molecule has 5 heteroatoms. The molecule has 116 valence electrons. The van der Waals surface area contributed by atoms with Crippen LogP contribution in [0.4, 0.5) is 22.0 Å². The maximum absolute atomic E-state index is 13.6. The van der Waals surface area contributed by atoms with Gasteiger partial charge in [-0.15, -0.1) is 6.58 Å². The van der Waals surface area contributed by atoms with E-state index in [9.17, 15) is 22.0 Å². The summed E-state index contributed by atoms with van der Waals surface area (Å²) >= 11 is 0. The molecule has 0 aliphatic heterocycles. The lowest BCUT2D eigenvalue weighted by Crippen LogP contribution is -2.11. The standard InChI is InChI=1S/C17H13F5/c1-2-3-4-11-5-7-12(8-6-11)13-9-14(18)16(15(19)10-13)17(20,21)22/h2,5-10H,1,3-4H2. The molecule has 0 radical (unpaired) electrons. The van der Waals surface area contributed by atoms with Crippen LogP contribution in [0, 0.1) is 11.6 Å². The third kappa shape index (κ3) is 3.53. The first-order valence-corrected chi connectivity index (χ1v) is 6.59. The van der Waals surface area contributed by atoms with E-state index < -0.39 is 23.4 Å². The van der Waals surface area contributed by atoms with Crippen LogP contribution in [0.25, 0.3) is 11.1 Å². The van der Waals surface area contributed by atoms with Crippen molar-refractivity contribution in [2.45, 2.75) is 19.0 Å². The van der Waals surface area contributed by atoms with E-state index in [0.29, 0.717) is 17.7 Å². The summed E-state index contributed by atoms with van der Waals surface area (Å²) in [6.45, 7) is 3.61. The van der Waals surface area contributed by atoms with Crippen molar-refractivity contribution in [1.29, 1.82) is 0 Å². The fourth-order valence-electron chi connectivity index (χ4n) is 2.14. The third-order valence-electron chi connectivity index (χ3n) is 3.25. The van der Waals surface area contributed by atoms with Crippen molar-refractivity contribution in [3.63, 3.8) is 0 Å². The molecule has 0 saturated heterocycles. The average molecular weight is 312 g/mol. The van der Waals surface area contributed by atoms with Crippen molar-refractivity contribution in [2.24, 2.45) is 0 Å². The molecule has 0 heterocycles. The van der Waals surface area contributed by atoms with E-state index in [-0.39, 0.29) is 5.56 Å². The molecule has 0 spiro atoms. The minimum absolute atomic E-state index is 0.0678. The van der Waals surface area contributed by atoms with Crippen LogP contribution in [0.3, 0.4) is 0 Å². The van der Waals surface area contributed by atoms with Gasteiger partial charge in [0, 0.05) is 0 Å². The quantitative estimate of drug-likeness (QED) is 0.496. The van der Waals surface area contributed by atoms with Crippen LogP contribution in [0.5, 0.6) is 0 Å². The molecule has 0 atom stereocenters. The molecule has 0 amide bonds. The third-order valence-corrected chi connectivity index (χ3v) is 3.25. The molecular weight excluding hydrogens is 299 g/mol. The van der Waals surface area contributed by atoms with Gasteiger partial charge in [0.2, 0.25) is 0 Å². The molecule has 2 rings (SSSR count). The van der Waals surface area contributed by atoms with Crippen molar-refractivity contribution < 1.29 is 22.0 Å². The van der Waals surface area contributed by atoms with E-state index in [2.05, 4.69) is 6.58 Å². The SMILES string of the molecule is C=CCCc1ccc(-c2cc(F)c(C(F)(F)F)c(F)c2)cc1. The predicted octanol–water partition coefficient (Wildman–Crippen LogP) is 5.77. The Labute approximate surface area is 124 Å². The second kappa shape index (κ2) is 6.30. The van der Waals surface area contributed by atoms with E-state index in [1.54, 1.807) is 30.3 Å². The number of benzene rings is 2. The summed E-state index contributed by atoms with van der Waals surface area (Å²) < 4.78 is 64.7. The number of rotatable bonds is 4. The Hall–Kier alpha value is -2.17. The average Bonchev–Trinajstić information content (AvgIpc) is 2.43. The van der Waals surface area contributed by atoms with Gasteiger partial charge in [-0.25, -0.2) is 8.78 Å². The fourth-order valence-corrected chi connectivity index (χ4v) is 2.14. The first kappa shape index (κ1) is 16.2. The molecule has 22 heavy (non-hydrogen) atoms. The molecule has 0 aliphatic carbocycles. The van der Waals surface area contributed by atoms with Crippen molar-refractivity contribution >= 4 is 0 Å². The van der Waals surface area contributed by atoms with E-state index >= 15 is 0 Å². The topological polar surface area (TPSA) is 0 Å². The Kier molecular flexibility index (Phi) is 4.64. The maximum Gasteiger partial charge on any atom is 0.422 e. The summed E-state index contributed by atoms with van der Waals surface area (Å²) in [4.78, 5) is 0. The molecule has 0 saturated carbocycles. The van der Waals surface area contributed by atoms with Gasteiger partial charge in [-0.1, -0.05) is 30.3 Å². The molecule has 0 N–H and O–H groups in total. The lowest BCUT2D eigenvalue weighted by atomic mass is 10.00. The predicted molar refractivity (Wildman–Crippen MR) is 75.3 cm³/mol. The highest BCUT2D eigenvalue weighted by Gasteiger charge is 2.37. The highest BCUT2D eigenvalue weighted by Crippen LogP contribution is 2.35. The Morgan fingerprint density at radius 3 is 1.91 bits per heavy atom. The molecule has 0 aromatic heterocycles. The minimum Gasteiger partial charge on any atom is -0.206 e. The van der Waals surface area contributed by atoms with Gasteiger partial charge in [0.25, 0.3) is 0 Å². The highest BCUT2D eigenvalue weighted by molar-refractivity contribution is 5.64. The van der Waals surface area contributed by atoms with E-state index in [1.807, 2.05) is 0 Å². The second-order valence-corrected chi connectivity index (χ2v) is 4.84. The number of alkyl halides is 3. The lowest BCUT2D eigenvalue weighted by Gasteiger charge is -2.11. The largest absolute Gasteiger partial charge is 0.422 e. The van der Waals surface area contributed by atoms with Crippen LogP contribution in [0.15, 0.2) is 49.1 Å². The van der Waals surface area contributed by atoms with Crippen LogP contribution in [0.2, 0.25) is 0 Å². The zero-order valence-electron chi connectivity index (χ0n) is 11.6. The smallest absolute Gasteiger partial charge is 0.206 e. The number of hydrogen-bond acceptors (Lipinski definition) is 0. The monoisotopic (exact) mass is 312 g/mol. The minimum atomic E-state index is -5.05. The molecular formula is C17H13F5. The fraction of sp³-hybridized carbons (Fsp3) is 0.176. The molecule has 0 bridgehead atoms. The van der Waals surface area contributed by atoms with E-state index in [4.69, 9.17) is 0 Å². The van der Waals surface area contributed by atoms with Crippen molar-refractivity contribution in [3.05, 3.63) is 71.8 Å². The molecule has 2 aromatic carbocycles.